The lowest BCUT2D eigenvalue weighted by atomic mass is 9.80. The first kappa shape index (κ1) is 22.6. The molecule has 2 aromatic carbocycles. The van der Waals surface area contributed by atoms with Crippen LogP contribution < -0.4 is 4.74 Å². The molecule has 0 saturated heterocycles. The molecule has 0 radical (unpaired) electrons. The van der Waals surface area contributed by atoms with Crippen LogP contribution in [-0.4, -0.2) is 5.97 Å². The molecular formula is C28H31NO2. The van der Waals surface area contributed by atoms with E-state index in [0.717, 1.165) is 55.6 Å². The Morgan fingerprint density at radius 1 is 0.968 bits per heavy atom. The number of aryl methyl sites for hydroxylation is 1. The Labute approximate surface area is 186 Å². The SMILES string of the molecule is CCCc1ccc(C#Cc2ccc(OC(=O)C3CCC(CCC)CC3)c(C#N)c2)cc1. The molecule has 0 spiro atoms. The van der Waals surface area contributed by atoms with Crippen LogP contribution in [-0.2, 0) is 11.2 Å². The summed E-state index contributed by atoms with van der Waals surface area (Å²) < 4.78 is 5.62. The van der Waals surface area contributed by atoms with Gasteiger partial charge < -0.3 is 4.74 Å². The van der Waals surface area contributed by atoms with Crippen molar-refractivity contribution in [2.45, 2.75) is 65.2 Å². The first-order valence-corrected chi connectivity index (χ1v) is 11.5. The van der Waals surface area contributed by atoms with Gasteiger partial charge in [0.15, 0.2) is 0 Å². The van der Waals surface area contributed by atoms with Crippen molar-refractivity contribution in [1.82, 2.24) is 0 Å². The molecule has 0 aromatic heterocycles. The van der Waals surface area contributed by atoms with Crippen LogP contribution in [0.2, 0.25) is 0 Å². The molecule has 3 nitrogen and oxygen atoms in total. The lowest BCUT2D eigenvalue weighted by Gasteiger charge is -2.26. The van der Waals surface area contributed by atoms with Crippen LogP contribution in [0.3, 0.4) is 0 Å². The zero-order chi connectivity index (χ0) is 22.1. The number of nitrogens with zero attached hydrogens (tertiary/aromatic N) is 1. The van der Waals surface area contributed by atoms with E-state index in [4.69, 9.17) is 4.74 Å². The van der Waals surface area contributed by atoms with Crippen LogP contribution in [0.1, 0.15) is 81.0 Å². The van der Waals surface area contributed by atoms with Crippen molar-refractivity contribution >= 4 is 5.97 Å². The van der Waals surface area contributed by atoms with E-state index in [-0.39, 0.29) is 11.9 Å². The number of rotatable bonds is 6. The highest BCUT2D eigenvalue weighted by Crippen LogP contribution is 2.33. The molecule has 0 unspecified atom stereocenters. The first-order valence-electron chi connectivity index (χ1n) is 11.5. The minimum atomic E-state index is -0.211. The minimum Gasteiger partial charge on any atom is -0.425 e. The Balaban J connectivity index is 1.64. The number of nitriles is 1. The summed E-state index contributed by atoms with van der Waals surface area (Å²) in [7, 11) is 0. The van der Waals surface area contributed by atoms with Crippen molar-refractivity contribution in [2.24, 2.45) is 11.8 Å². The van der Waals surface area contributed by atoms with E-state index < -0.39 is 0 Å². The second kappa shape index (κ2) is 11.4. The van der Waals surface area contributed by atoms with E-state index in [9.17, 15) is 10.1 Å². The monoisotopic (exact) mass is 413 g/mol. The largest absolute Gasteiger partial charge is 0.425 e. The minimum absolute atomic E-state index is 0.0604. The highest BCUT2D eigenvalue weighted by Gasteiger charge is 2.27. The van der Waals surface area contributed by atoms with Gasteiger partial charge in [0.2, 0.25) is 0 Å². The predicted molar refractivity (Wildman–Crippen MR) is 124 cm³/mol. The Morgan fingerprint density at radius 3 is 2.29 bits per heavy atom. The Kier molecular flexibility index (Phi) is 8.31. The van der Waals surface area contributed by atoms with Gasteiger partial charge in [0.1, 0.15) is 11.8 Å². The van der Waals surface area contributed by atoms with Crippen LogP contribution in [0.5, 0.6) is 5.75 Å². The molecule has 0 atom stereocenters. The van der Waals surface area contributed by atoms with Gasteiger partial charge in [-0.3, -0.25) is 4.79 Å². The molecule has 3 heteroatoms. The summed E-state index contributed by atoms with van der Waals surface area (Å²) in [6, 6.07) is 15.6. The topological polar surface area (TPSA) is 50.1 Å². The third-order valence-corrected chi connectivity index (χ3v) is 6.03. The fourth-order valence-electron chi connectivity index (χ4n) is 4.26. The summed E-state index contributed by atoms with van der Waals surface area (Å²) in [5, 5.41) is 9.54. The van der Waals surface area contributed by atoms with Crippen LogP contribution in [0.25, 0.3) is 0 Å². The summed E-state index contributed by atoms with van der Waals surface area (Å²) in [5.41, 5.74) is 3.32. The fourth-order valence-corrected chi connectivity index (χ4v) is 4.26. The van der Waals surface area contributed by atoms with Gasteiger partial charge in [-0.2, -0.15) is 5.26 Å². The summed E-state index contributed by atoms with van der Waals surface area (Å²) in [4.78, 5) is 12.6. The maximum Gasteiger partial charge on any atom is 0.314 e. The zero-order valence-electron chi connectivity index (χ0n) is 18.6. The summed E-state index contributed by atoms with van der Waals surface area (Å²) in [6.07, 6.45) is 8.58. The summed E-state index contributed by atoms with van der Waals surface area (Å²) in [5.74, 6) is 7.05. The molecule has 0 N–H and O–H groups in total. The van der Waals surface area contributed by atoms with E-state index in [1.807, 2.05) is 12.1 Å². The van der Waals surface area contributed by atoms with Gasteiger partial charge in [-0.25, -0.2) is 0 Å². The quantitative estimate of drug-likeness (QED) is 0.312. The van der Waals surface area contributed by atoms with Gasteiger partial charge >= 0.3 is 5.97 Å². The molecule has 1 saturated carbocycles. The normalized spacial score (nSPS) is 17.8. The molecule has 1 aliphatic carbocycles. The lowest BCUT2D eigenvalue weighted by molar-refractivity contribution is -0.140. The molecule has 3 rings (SSSR count). The first-order chi connectivity index (χ1) is 15.1. The maximum absolute atomic E-state index is 12.6. The van der Waals surface area contributed by atoms with Gasteiger partial charge in [0.25, 0.3) is 0 Å². The number of ether oxygens (including phenoxy) is 1. The van der Waals surface area contributed by atoms with Crippen LogP contribution in [0.4, 0.5) is 0 Å². The second-order valence-corrected chi connectivity index (χ2v) is 8.45. The molecule has 2 aromatic rings. The van der Waals surface area contributed by atoms with Crippen molar-refractivity contribution in [2.75, 3.05) is 0 Å². The second-order valence-electron chi connectivity index (χ2n) is 8.45. The molecule has 0 amide bonds. The molecule has 31 heavy (non-hydrogen) atoms. The number of hydrogen-bond donors (Lipinski definition) is 0. The smallest absolute Gasteiger partial charge is 0.314 e. The van der Waals surface area contributed by atoms with Gasteiger partial charge in [0, 0.05) is 11.1 Å². The highest BCUT2D eigenvalue weighted by atomic mass is 16.5. The van der Waals surface area contributed by atoms with Crippen LogP contribution in [0.15, 0.2) is 42.5 Å². The zero-order valence-corrected chi connectivity index (χ0v) is 18.6. The van der Waals surface area contributed by atoms with E-state index in [2.05, 4.69) is 43.9 Å². The van der Waals surface area contributed by atoms with E-state index in [0.29, 0.717) is 11.3 Å². The number of esters is 1. The van der Waals surface area contributed by atoms with Crippen LogP contribution in [0, 0.1) is 35.0 Å². The fraction of sp³-hybridized carbons (Fsp3) is 0.429. The Bertz CT molecular complexity index is 980. The number of benzene rings is 2. The van der Waals surface area contributed by atoms with Crippen molar-refractivity contribution in [3.05, 3.63) is 64.7 Å². The Hall–Kier alpha value is -3.04. The molecule has 160 valence electrons. The highest BCUT2D eigenvalue weighted by molar-refractivity contribution is 5.76. The summed E-state index contributed by atoms with van der Waals surface area (Å²) >= 11 is 0. The van der Waals surface area contributed by atoms with Crippen LogP contribution >= 0.6 is 0 Å². The number of carbonyl (C=O) groups excluding carboxylic acids is 1. The van der Waals surface area contributed by atoms with E-state index >= 15 is 0 Å². The number of hydrogen-bond acceptors (Lipinski definition) is 3. The van der Waals surface area contributed by atoms with E-state index in [1.54, 1.807) is 18.2 Å². The van der Waals surface area contributed by atoms with Gasteiger partial charge in [-0.1, -0.05) is 57.1 Å². The summed E-state index contributed by atoms with van der Waals surface area (Å²) in [6.45, 7) is 4.38. The van der Waals surface area contributed by atoms with Crippen molar-refractivity contribution in [1.29, 1.82) is 5.26 Å². The molecule has 0 bridgehead atoms. The average molecular weight is 414 g/mol. The lowest BCUT2D eigenvalue weighted by Crippen LogP contribution is -2.25. The number of carbonyl (C=O) groups is 1. The van der Waals surface area contributed by atoms with Crippen molar-refractivity contribution in [3.8, 4) is 23.7 Å². The molecular weight excluding hydrogens is 382 g/mol. The molecule has 1 fully saturated rings. The van der Waals surface area contributed by atoms with Crippen molar-refractivity contribution < 1.29 is 9.53 Å². The van der Waals surface area contributed by atoms with Gasteiger partial charge in [0.05, 0.1) is 11.5 Å². The molecule has 0 heterocycles. The molecule has 1 aliphatic rings. The van der Waals surface area contributed by atoms with E-state index in [1.165, 1.54) is 18.4 Å². The predicted octanol–water partition coefficient (Wildman–Crippen LogP) is 6.42. The third-order valence-electron chi connectivity index (χ3n) is 6.03. The Morgan fingerprint density at radius 2 is 1.65 bits per heavy atom. The maximum atomic E-state index is 12.6. The standard InChI is InChI=1S/C28H31NO2/c1-3-5-21-7-9-23(10-8-21)11-12-24-15-18-27(26(19-24)20-29)31-28(30)25-16-13-22(6-4-2)14-17-25/h7-10,15,18-19,22,25H,3-6,13-14,16-17H2,1-2H3. The van der Waals surface area contributed by atoms with Crippen molar-refractivity contribution in [3.63, 3.8) is 0 Å². The van der Waals surface area contributed by atoms with Gasteiger partial charge in [-0.05, 0) is 73.9 Å². The average Bonchev–Trinajstić information content (AvgIpc) is 2.80. The van der Waals surface area contributed by atoms with Gasteiger partial charge in [-0.15, -0.1) is 0 Å². The third kappa shape index (κ3) is 6.47. The molecule has 0 aliphatic heterocycles.